The molecule has 3 aromatic rings. The van der Waals surface area contributed by atoms with Gasteiger partial charge in [-0.1, -0.05) is 26.0 Å². The lowest BCUT2D eigenvalue weighted by Gasteiger charge is -2.16. The van der Waals surface area contributed by atoms with Gasteiger partial charge >= 0.3 is 5.69 Å². The van der Waals surface area contributed by atoms with Gasteiger partial charge in [-0.05, 0) is 55.2 Å². The number of H-pyrrole nitrogens is 2. The predicted molar refractivity (Wildman–Crippen MR) is 106 cm³/mol. The number of aromatic nitrogens is 2. The van der Waals surface area contributed by atoms with E-state index in [1.165, 1.54) is 5.56 Å². The predicted octanol–water partition coefficient (Wildman–Crippen LogP) is 3.81. The molecule has 2 aromatic carbocycles. The van der Waals surface area contributed by atoms with Crippen molar-refractivity contribution in [1.82, 2.24) is 9.97 Å². The van der Waals surface area contributed by atoms with Gasteiger partial charge in [0.05, 0.1) is 11.0 Å². The van der Waals surface area contributed by atoms with Crippen molar-refractivity contribution >= 4 is 28.3 Å². The van der Waals surface area contributed by atoms with Crippen LogP contribution in [0.2, 0.25) is 0 Å². The van der Waals surface area contributed by atoms with Crippen LogP contribution < -0.4 is 16.3 Å². The lowest BCUT2D eigenvalue weighted by Crippen LogP contribution is -2.31. The summed E-state index contributed by atoms with van der Waals surface area (Å²) in [6.07, 6.45) is 1.10. The number of benzene rings is 2. The highest BCUT2D eigenvalue weighted by Gasteiger charge is 2.13. The zero-order valence-electron chi connectivity index (χ0n) is 15.2. The molecule has 1 heterocycles. The highest BCUT2D eigenvalue weighted by Crippen LogP contribution is 2.21. The van der Waals surface area contributed by atoms with E-state index in [9.17, 15) is 9.59 Å². The van der Waals surface area contributed by atoms with Crippen molar-refractivity contribution in [1.29, 1.82) is 0 Å². The van der Waals surface area contributed by atoms with Gasteiger partial charge in [0, 0.05) is 11.4 Å². The molecule has 0 fully saturated rings. The fraction of sp³-hybridized carbons (Fsp3) is 0.300. The Balaban J connectivity index is 1.64. The summed E-state index contributed by atoms with van der Waals surface area (Å²) >= 11 is 0. The largest absolute Gasteiger partial charge is 0.374 e. The second-order valence-electron chi connectivity index (χ2n) is 6.63. The number of carbonyl (C=O) groups excluding carboxylic acids is 1. The van der Waals surface area contributed by atoms with Crippen molar-refractivity contribution in [3.05, 3.63) is 58.5 Å². The fourth-order valence-electron chi connectivity index (χ4n) is 2.82. The van der Waals surface area contributed by atoms with E-state index in [-0.39, 0.29) is 11.6 Å². The van der Waals surface area contributed by atoms with Crippen LogP contribution in [0, 0.1) is 0 Å². The molecular weight excluding hydrogens is 328 g/mol. The first-order chi connectivity index (χ1) is 12.5. The number of fused-ring (bicyclic) bond motifs is 1. The normalized spacial score (nSPS) is 13.3. The van der Waals surface area contributed by atoms with Crippen molar-refractivity contribution in [3.63, 3.8) is 0 Å². The summed E-state index contributed by atoms with van der Waals surface area (Å²) < 4.78 is 0. The fourth-order valence-corrected chi connectivity index (χ4v) is 2.82. The average molecular weight is 352 g/mol. The van der Waals surface area contributed by atoms with E-state index in [1.54, 1.807) is 18.2 Å². The number of aromatic amines is 2. The molecule has 0 aliphatic carbocycles. The zero-order chi connectivity index (χ0) is 18.7. The molecule has 0 aliphatic heterocycles. The Bertz CT molecular complexity index is 956. The van der Waals surface area contributed by atoms with E-state index in [4.69, 9.17) is 0 Å². The molecule has 4 N–H and O–H groups in total. The van der Waals surface area contributed by atoms with Crippen LogP contribution in [0.5, 0.6) is 0 Å². The Kier molecular flexibility index (Phi) is 5.11. The SMILES string of the molecule is CC[C@@H](C)c1ccc(N[C@H](C)C(=O)Nc2ccc3[nH]c(=O)[nH]c3c2)cc1. The van der Waals surface area contributed by atoms with Crippen LogP contribution in [0.15, 0.2) is 47.3 Å². The number of imidazole rings is 1. The first-order valence-electron chi connectivity index (χ1n) is 8.85. The van der Waals surface area contributed by atoms with Gasteiger partial charge < -0.3 is 20.6 Å². The summed E-state index contributed by atoms with van der Waals surface area (Å²) in [5, 5.41) is 6.08. The maximum absolute atomic E-state index is 12.4. The van der Waals surface area contributed by atoms with Gasteiger partial charge in [0.2, 0.25) is 5.91 Å². The number of hydrogen-bond donors (Lipinski definition) is 4. The molecule has 3 rings (SSSR count). The van der Waals surface area contributed by atoms with E-state index in [1.807, 2.05) is 19.1 Å². The Labute approximate surface area is 152 Å². The minimum atomic E-state index is -0.398. The summed E-state index contributed by atoms with van der Waals surface area (Å²) in [4.78, 5) is 29.1. The lowest BCUT2D eigenvalue weighted by atomic mass is 9.98. The average Bonchev–Trinajstić information content (AvgIpc) is 3.00. The number of carbonyl (C=O) groups is 1. The second-order valence-corrected chi connectivity index (χ2v) is 6.63. The molecule has 6 heteroatoms. The van der Waals surface area contributed by atoms with Crippen LogP contribution in [0.3, 0.4) is 0 Å². The number of anilines is 2. The van der Waals surface area contributed by atoms with E-state index >= 15 is 0 Å². The molecule has 0 spiro atoms. The van der Waals surface area contributed by atoms with Crippen molar-refractivity contribution in [2.75, 3.05) is 10.6 Å². The van der Waals surface area contributed by atoms with E-state index in [2.05, 4.69) is 46.6 Å². The molecule has 1 aromatic heterocycles. The topological polar surface area (TPSA) is 89.8 Å². The lowest BCUT2D eigenvalue weighted by molar-refractivity contribution is -0.116. The molecule has 0 aliphatic rings. The molecule has 26 heavy (non-hydrogen) atoms. The molecule has 136 valence electrons. The molecule has 0 saturated carbocycles. The molecule has 2 atom stereocenters. The Morgan fingerprint density at radius 2 is 1.65 bits per heavy atom. The summed E-state index contributed by atoms with van der Waals surface area (Å²) in [5.74, 6) is 0.382. The van der Waals surface area contributed by atoms with Crippen LogP contribution in [0.1, 0.15) is 38.7 Å². The number of rotatable bonds is 6. The Morgan fingerprint density at radius 3 is 2.35 bits per heavy atom. The monoisotopic (exact) mass is 352 g/mol. The maximum Gasteiger partial charge on any atom is 0.323 e. The van der Waals surface area contributed by atoms with Gasteiger partial charge in [-0.25, -0.2) is 4.79 Å². The third-order valence-corrected chi connectivity index (χ3v) is 4.65. The molecule has 0 radical (unpaired) electrons. The van der Waals surface area contributed by atoms with Crippen LogP contribution in [0.25, 0.3) is 11.0 Å². The van der Waals surface area contributed by atoms with Crippen LogP contribution in [-0.4, -0.2) is 21.9 Å². The Morgan fingerprint density at radius 1 is 1.00 bits per heavy atom. The van der Waals surface area contributed by atoms with E-state index in [0.717, 1.165) is 12.1 Å². The standard InChI is InChI=1S/C20H24N4O2/c1-4-12(2)14-5-7-15(8-6-14)21-13(3)19(25)22-16-9-10-17-18(11-16)24-20(26)23-17/h5-13,21H,4H2,1-3H3,(H,22,25)(H2,23,24,26)/t12-,13-/m1/s1. The van der Waals surface area contributed by atoms with Gasteiger partial charge in [-0.3, -0.25) is 4.79 Å². The van der Waals surface area contributed by atoms with Crippen molar-refractivity contribution in [2.45, 2.75) is 39.2 Å². The summed E-state index contributed by atoms with van der Waals surface area (Å²) in [5.41, 5.74) is 3.95. The number of nitrogens with one attached hydrogen (secondary N) is 4. The molecule has 1 amide bonds. The Hall–Kier alpha value is -3.02. The number of amides is 1. The van der Waals surface area contributed by atoms with Gasteiger partial charge in [-0.15, -0.1) is 0 Å². The summed E-state index contributed by atoms with van der Waals surface area (Å²) in [7, 11) is 0. The van der Waals surface area contributed by atoms with Gasteiger partial charge in [0.25, 0.3) is 0 Å². The first-order valence-corrected chi connectivity index (χ1v) is 8.85. The van der Waals surface area contributed by atoms with Gasteiger partial charge in [-0.2, -0.15) is 0 Å². The van der Waals surface area contributed by atoms with Crippen molar-refractivity contribution < 1.29 is 4.79 Å². The summed E-state index contributed by atoms with van der Waals surface area (Å²) in [6, 6.07) is 13.1. The molecule has 0 unspecified atom stereocenters. The highest BCUT2D eigenvalue weighted by molar-refractivity contribution is 5.97. The highest BCUT2D eigenvalue weighted by atomic mass is 16.2. The molecule has 0 saturated heterocycles. The second kappa shape index (κ2) is 7.47. The quantitative estimate of drug-likeness (QED) is 0.544. The van der Waals surface area contributed by atoms with E-state index in [0.29, 0.717) is 22.6 Å². The van der Waals surface area contributed by atoms with Gasteiger partial charge in [0.15, 0.2) is 0 Å². The van der Waals surface area contributed by atoms with Crippen molar-refractivity contribution in [2.24, 2.45) is 0 Å². The summed E-state index contributed by atoms with van der Waals surface area (Å²) in [6.45, 7) is 6.19. The van der Waals surface area contributed by atoms with Crippen LogP contribution in [0.4, 0.5) is 11.4 Å². The third kappa shape index (κ3) is 3.96. The maximum atomic E-state index is 12.4. The minimum absolute atomic E-state index is 0.145. The van der Waals surface area contributed by atoms with Gasteiger partial charge in [0.1, 0.15) is 6.04 Å². The minimum Gasteiger partial charge on any atom is -0.374 e. The van der Waals surface area contributed by atoms with E-state index < -0.39 is 6.04 Å². The van der Waals surface area contributed by atoms with Crippen LogP contribution >= 0.6 is 0 Å². The van der Waals surface area contributed by atoms with Crippen molar-refractivity contribution in [3.8, 4) is 0 Å². The first kappa shape index (κ1) is 17.8. The molecular formula is C20H24N4O2. The molecule has 6 nitrogen and oxygen atoms in total. The van der Waals surface area contributed by atoms with Crippen LogP contribution in [-0.2, 0) is 4.79 Å². The zero-order valence-corrected chi connectivity index (χ0v) is 15.2. The smallest absolute Gasteiger partial charge is 0.323 e. The molecule has 0 bridgehead atoms. The number of hydrogen-bond acceptors (Lipinski definition) is 3. The third-order valence-electron chi connectivity index (χ3n) is 4.65.